The highest BCUT2D eigenvalue weighted by molar-refractivity contribution is 14.0. The summed E-state index contributed by atoms with van der Waals surface area (Å²) in [7, 11) is 1.69. The summed E-state index contributed by atoms with van der Waals surface area (Å²) >= 11 is 1.76. The second-order valence-electron chi connectivity index (χ2n) is 5.32. The number of aliphatic imine (C=N–C) groups is 1. The van der Waals surface area contributed by atoms with Crippen molar-refractivity contribution in [3.8, 4) is 0 Å². The van der Waals surface area contributed by atoms with Crippen LogP contribution in [0.25, 0.3) is 0 Å². The maximum atomic E-state index is 5.94. The fourth-order valence-electron chi connectivity index (χ4n) is 2.35. The zero-order chi connectivity index (χ0) is 16.7. The predicted molar refractivity (Wildman–Crippen MR) is 110 cm³/mol. The first kappa shape index (κ1) is 20.9. The Hall–Kier alpha value is -1.13. The van der Waals surface area contributed by atoms with Crippen LogP contribution in [0.3, 0.4) is 0 Å². The number of methoxy groups -OCH3 is 1. The van der Waals surface area contributed by atoms with Gasteiger partial charge in [-0.2, -0.15) is 5.10 Å². The molecule has 0 atom stereocenters. The Labute approximate surface area is 164 Å². The average Bonchev–Trinajstić information content (AvgIpc) is 3.12. The molecule has 24 heavy (non-hydrogen) atoms. The third-order valence-electron chi connectivity index (χ3n) is 3.70. The number of thiophene rings is 1. The molecule has 2 aromatic heterocycles. The molecule has 8 heteroatoms. The minimum Gasteiger partial charge on any atom is -0.383 e. The van der Waals surface area contributed by atoms with E-state index >= 15 is 0 Å². The summed E-state index contributed by atoms with van der Waals surface area (Å²) in [6, 6.07) is 4.19. The van der Waals surface area contributed by atoms with Crippen LogP contribution >= 0.6 is 35.3 Å². The molecule has 0 bridgehead atoms. The lowest BCUT2D eigenvalue weighted by Crippen LogP contribution is -2.33. The maximum Gasteiger partial charge on any atom is 0.188 e. The van der Waals surface area contributed by atoms with Crippen LogP contribution < -0.4 is 11.1 Å². The van der Waals surface area contributed by atoms with E-state index in [1.807, 2.05) is 11.6 Å². The second-order valence-corrected chi connectivity index (χ2v) is 6.36. The highest BCUT2D eigenvalue weighted by Crippen LogP contribution is 2.14. The number of aromatic nitrogens is 2. The Morgan fingerprint density at radius 1 is 1.46 bits per heavy atom. The lowest BCUT2D eigenvalue weighted by Gasteiger charge is -2.06. The molecule has 0 aliphatic heterocycles. The quantitative estimate of drug-likeness (QED) is 0.358. The Bertz CT molecular complexity index is 639. The summed E-state index contributed by atoms with van der Waals surface area (Å²) in [5, 5.41) is 9.77. The summed E-state index contributed by atoms with van der Waals surface area (Å²) in [6.07, 6.45) is 0.959. The van der Waals surface area contributed by atoms with E-state index in [0.29, 0.717) is 19.1 Å². The molecule has 2 aromatic rings. The van der Waals surface area contributed by atoms with Gasteiger partial charge in [0.2, 0.25) is 0 Å². The van der Waals surface area contributed by atoms with Crippen molar-refractivity contribution >= 4 is 41.3 Å². The molecular weight excluding hydrogens is 437 g/mol. The van der Waals surface area contributed by atoms with Crippen LogP contribution in [0.5, 0.6) is 0 Å². The van der Waals surface area contributed by atoms with Gasteiger partial charge in [-0.25, -0.2) is 4.99 Å². The molecule has 0 aliphatic carbocycles. The number of nitrogens with one attached hydrogen (secondary N) is 1. The van der Waals surface area contributed by atoms with Crippen molar-refractivity contribution in [2.45, 2.75) is 33.4 Å². The molecular formula is C16H26IN5OS. The van der Waals surface area contributed by atoms with E-state index in [9.17, 15) is 0 Å². The second kappa shape index (κ2) is 10.7. The standard InChI is InChI=1S/C16H25N5OS.HI/c1-12-15(13(2)21(20-12)8-9-22-3)11-19-16(17)18-7-6-14-5-4-10-23-14;/h4-5,10H,6-9,11H2,1-3H3,(H3,17,18,19);1H. The number of ether oxygens (including phenoxy) is 1. The van der Waals surface area contributed by atoms with Crippen molar-refractivity contribution in [1.82, 2.24) is 15.1 Å². The number of nitrogens with zero attached hydrogens (tertiary/aromatic N) is 3. The van der Waals surface area contributed by atoms with Crippen LogP contribution in [-0.2, 0) is 24.2 Å². The van der Waals surface area contributed by atoms with Gasteiger partial charge in [-0.1, -0.05) is 6.07 Å². The van der Waals surface area contributed by atoms with E-state index in [1.54, 1.807) is 18.4 Å². The Morgan fingerprint density at radius 2 is 2.25 bits per heavy atom. The molecule has 0 aliphatic rings. The summed E-state index contributed by atoms with van der Waals surface area (Å²) in [5.74, 6) is 0.477. The molecule has 0 saturated heterocycles. The third-order valence-corrected chi connectivity index (χ3v) is 4.64. The van der Waals surface area contributed by atoms with Gasteiger partial charge in [0.05, 0.1) is 25.4 Å². The SMILES string of the molecule is COCCn1nc(C)c(CN=C(N)NCCc2cccs2)c1C.I. The van der Waals surface area contributed by atoms with E-state index in [0.717, 1.165) is 36.5 Å². The van der Waals surface area contributed by atoms with Crippen LogP contribution in [0, 0.1) is 13.8 Å². The minimum absolute atomic E-state index is 0. The smallest absolute Gasteiger partial charge is 0.188 e. The van der Waals surface area contributed by atoms with Crippen molar-refractivity contribution in [3.63, 3.8) is 0 Å². The van der Waals surface area contributed by atoms with Gasteiger partial charge in [0, 0.05) is 29.8 Å². The lowest BCUT2D eigenvalue weighted by molar-refractivity contribution is 0.182. The van der Waals surface area contributed by atoms with Crippen molar-refractivity contribution < 1.29 is 4.74 Å². The summed E-state index contributed by atoms with van der Waals surface area (Å²) < 4.78 is 7.07. The molecule has 0 aromatic carbocycles. The number of aryl methyl sites for hydroxylation is 1. The number of halogens is 1. The summed E-state index contributed by atoms with van der Waals surface area (Å²) in [6.45, 7) is 6.80. The van der Waals surface area contributed by atoms with Gasteiger partial charge in [0.15, 0.2) is 5.96 Å². The largest absolute Gasteiger partial charge is 0.383 e. The van der Waals surface area contributed by atoms with Crippen molar-refractivity contribution in [1.29, 1.82) is 0 Å². The fourth-order valence-corrected chi connectivity index (χ4v) is 3.06. The first-order chi connectivity index (χ1) is 11.1. The van der Waals surface area contributed by atoms with Crippen LogP contribution in [-0.4, -0.2) is 36.0 Å². The number of nitrogens with two attached hydrogens (primary N) is 1. The van der Waals surface area contributed by atoms with E-state index in [-0.39, 0.29) is 24.0 Å². The van der Waals surface area contributed by atoms with Gasteiger partial charge in [-0.05, 0) is 31.7 Å². The molecule has 0 spiro atoms. The van der Waals surface area contributed by atoms with Gasteiger partial charge >= 0.3 is 0 Å². The van der Waals surface area contributed by atoms with Crippen LogP contribution in [0.1, 0.15) is 21.8 Å². The van der Waals surface area contributed by atoms with Crippen molar-refractivity contribution in [2.24, 2.45) is 10.7 Å². The molecule has 0 saturated carbocycles. The van der Waals surface area contributed by atoms with Crippen LogP contribution in [0.2, 0.25) is 0 Å². The monoisotopic (exact) mass is 463 g/mol. The summed E-state index contributed by atoms with van der Waals surface area (Å²) in [5.41, 5.74) is 9.19. The molecule has 0 fully saturated rings. The molecule has 134 valence electrons. The topological polar surface area (TPSA) is 77.5 Å². The van der Waals surface area contributed by atoms with Crippen molar-refractivity contribution in [2.75, 3.05) is 20.3 Å². The zero-order valence-corrected chi connectivity index (χ0v) is 17.6. The average molecular weight is 463 g/mol. The molecule has 2 heterocycles. The molecule has 0 amide bonds. The van der Waals surface area contributed by atoms with Crippen molar-refractivity contribution in [3.05, 3.63) is 39.3 Å². The molecule has 3 N–H and O–H groups in total. The zero-order valence-electron chi connectivity index (χ0n) is 14.4. The van der Waals surface area contributed by atoms with E-state index in [1.165, 1.54) is 4.88 Å². The van der Waals surface area contributed by atoms with Gasteiger partial charge in [0.25, 0.3) is 0 Å². The number of rotatable bonds is 8. The fraction of sp³-hybridized carbons (Fsp3) is 0.500. The van der Waals surface area contributed by atoms with Gasteiger partial charge in [-0.3, -0.25) is 4.68 Å². The van der Waals surface area contributed by atoms with Gasteiger partial charge < -0.3 is 15.8 Å². The predicted octanol–water partition coefficient (Wildman–Crippen LogP) is 2.47. The minimum atomic E-state index is 0. The van der Waals surface area contributed by atoms with E-state index < -0.39 is 0 Å². The summed E-state index contributed by atoms with van der Waals surface area (Å²) in [4.78, 5) is 5.77. The first-order valence-electron chi connectivity index (χ1n) is 7.69. The normalized spacial score (nSPS) is 11.4. The van der Waals surface area contributed by atoms with Crippen LogP contribution in [0.4, 0.5) is 0 Å². The number of guanidine groups is 1. The lowest BCUT2D eigenvalue weighted by atomic mass is 10.2. The van der Waals surface area contributed by atoms with Crippen LogP contribution in [0.15, 0.2) is 22.5 Å². The number of hydrogen-bond acceptors (Lipinski definition) is 4. The Balaban J connectivity index is 0.00000288. The molecule has 2 rings (SSSR count). The highest BCUT2D eigenvalue weighted by atomic mass is 127. The van der Waals surface area contributed by atoms with Gasteiger partial charge in [0.1, 0.15) is 0 Å². The highest BCUT2D eigenvalue weighted by Gasteiger charge is 2.10. The third kappa shape index (κ3) is 6.06. The van der Waals surface area contributed by atoms with E-state index in [4.69, 9.17) is 10.5 Å². The molecule has 0 radical (unpaired) electrons. The van der Waals surface area contributed by atoms with Gasteiger partial charge in [-0.15, -0.1) is 35.3 Å². The maximum absolute atomic E-state index is 5.94. The number of hydrogen-bond donors (Lipinski definition) is 2. The molecule has 0 unspecified atom stereocenters. The molecule has 6 nitrogen and oxygen atoms in total. The first-order valence-corrected chi connectivity index (χ1v) is 8.57. The van der Waals surface area contributed by atoms with E-state index in [2.05, 4.69) is 39.8 Å². The Morgan fingerprint density at radius 3 is 2.92 bits per heavy atom. The Kier molecular flexibility index (Phi) is 9.30.